The van der Waals surface area contributed by atoms with E-state index in [1.165, 1.54) is 24.4 Å². The van der Waals surface area contributed by atoms with E-state index in [1.807, 2.05) is 30.3 Å². The molecule has 8 heteroatoms. The summed E-state index contributed by atoms with van der Waals surface area (Å²) in [7, 11) is 0. The van der Waals surface area contributed by atoms with E-state index in [-0.39, 0.29) is 22.1 Å². The fourth-order valence-corrected chi connectivity index (χ4v) is 1.77. The van der Waals surface area contributed by atoms with Crippen LogP contribution in [-0.2, 0) is 0 Å². The lowest BCUT2D eigenvalue weighted by atomic mass is 10.2. The van der Waals surface area contributed by atoms with Crippen molar-refractivity contribution >= 4 is 34.9 Å². The van der Waals surface area contributed by atoms with E-state index in [4.69, 9.17) is 12.2 Å². The van der Waals surface area contributed by atoms with Crippen molar-refractivity contribution in [3.05, 3.63) is 64.2 Å². The predicted molar refractivity (Wildman–Crippen MR) is 88.2 cm³/mol. The third-order valence-electron chi connectivity index (χ3n) is 2.62. The van der Waals surface area contributed by atoms with Crippen molar-refractivity contribution < 1.29 is 10.0 Å². The number of nitro benzene ring substituents is 1. The monoisotopic (exact) mass is 316 g/mol. The van der Waals surface area contributed by atoms with E-state index >= 15 is 0 Å². The normalized spacial score (nSPS) is 10.4. The van der Waals surface area contributed by atoms with E-state index in [9.17, 15) is 15.2 Å². The van der Waals surface area contributed by atoms with Gasteiger partial charge in [-0.2, -0.15) is 5.10 Å². The van der Waals surface area contributed by atoms with Crippen LogP contribution in [0.15, 0.2) is 53.6 Å². The number of anilines is 1. The maximum absolute atomic E-state index is 10.7. The molecule has 0 saturated carbocycles. The summed E-state index contributed by atoms with van der Waals surface area (Å²) in [5, 5.41) is 27.3. The predicted octanol–water partition coefficient (Wildman–Crippen LogP) is 2.62. The molecule has 0 aliphatic heterocycles. The standard InChI is InChI=1S/C14H12N4O3S/c19-13-7-6-12(18(20)21)8-10(13)9-15-17-14(22)16-11-4-2-1-3-5-11/h1-9,19H,(H2,16,17,22)/b15-9+. The first-order valence-electron chi connectivity index (χ1n) is 6.19. The summed E-state index contributed by atoms with van der Waals surface area (Å²) >= 11 is 5.04. The molecule has 22 heavy (non-hydrogen) atoms. The summed E-state index contributed by atoms with van der Waals surface area (Å²) in [6.45, 7) is 0. The van der Waals surface area contributed by atoms with Crippen molar-refractivity contribution in [2.75, 3.05) is 5.32 Å². The topological polar surface area (TPSA) is 99.8 Å². The Labute approximate surface area is 131 Å². The van der Waals surface area contributed by atoms with Gasteiger partial charge in [0.2, 0.25) is 0 Å². The Morgan fingerprint density at radius 1 is 1.27 bits per heavy atom. The van der Waals surface area contributed by atoms with Crippen LogP contribution in [0.2, 0.25) is 0 Å². The zero-order chi connectivity index (χ0) is 15.9. The molecule has 0 saturated heterocycles. The Hall–Kier alpha value is -3.00. The molecule has 2 aromatic rings. The highest BCUT2D eigenvalue weighted by Crippen LogP contribution is 2.21. The largest absolute Gasteiger partial charge is 0.507 e. The summed E-state index contributed by atoms with van der Waals surface area (Å²) in [5.41, 5.74) is 3.44. The second kappa shape index (κ2) is 7.14. The smallest absolute Gasteiger partial charge is 0.270 e. The molecule has 7 nitrogen and oxygen atoms in total. The van der Waals surface area contributed by atoms with Gasteiger partial charge in [0, 0.05) is 23.4 Å². The minimum atomic E-state index is -0.550. The van der Waals surface area contributed by atoms with Crippen molar-refractivity contribution in [2.45, 2.75) is 0 Å². The highest BCUT2D eigenvalue weighted by Gasteiger charge is 2.08. The maximum atomic E-state index is 10.7. The highest BCUT2D eigenvalue weighted by atomic mass is 32.1. The van der Waals surface area contributed by atoms with Crippen LogP contribution in [0.1, 0.15) is 5.56 Å². The molecule has 0 aliphatic carbocycles. The molecule has 0 spiro atoms. The Bertz CT molecular complexity index is 719. The second-order valence-electron chi connectivity index (χ2n) is 4.19. The number of para-hydroxylation sites is 1. The number of phenolic OH excluding ortho intramolecular Hbond substituents is 1. The molecule has 0 radical (unpaired) electrons. The zero-order valence-corrected chi connectivity index (χ0v) is 12.1. The van der Waals surface area contributed by atoms with Crippen molar-refractivity contribution in [1.29, 1.82) is 0 Å². The summed E-state index contributed by atoms with van der Waals surface area (Å²) in [5.74, 6) is -0.113. The van der Waals surface area contributed by atoms with Gasteiger partial charge in [0.15, 0.2) is 5.11 Å². The van der Waals surface area contributed by atoms with Crippen molar-refractivity contribution in [3.63, 3.8) is 0 Å². The van der Waals surface area contributed by atoms with Gasteiger partial charge in [-0.15, -0.1) is 0 Å². The molecule has 2 rings (SSSR count). The van der Waals surface area contributed by atoms with E-state index in [0.717, 1.165) is 5.69 Å². The molecule has 0 unspecified atom stereocenters. The quantitative estimate of drug-likeness (QED) is 0.347. The van der Waals surface area contributed by atoms with Crippen LogP contribution in [0.3, 0.4) is 0 Å². The van der Waals surface area contributed by atoms with Crippen molar-refractivity contribution in [3.8, 4) is 5.75 Å². The van der Waals surface area contributed by atoms with Crippen LogP contribution in [-0.4, -0.2) is 21.4 Å². The van der Waals surface area contributed by atoms with Gasteiger partial charge >= 0.3 is 0 Å². The summed E-state index contributed by atoms with van der Waals surface area (Å²) in [6.07, 6.45) is 1.25. The number of hydrogen-bond donors (Lipinski definition) is 3. The molecule has 0 atom stereocenters. The first-order valence-corrected chi connectivity index (χ1v) is 6.59. The van der Waals surface area contributed by atoms with Crippen LogP contribution in [0, 0.1) is 10.1 Å². The van der Waals surface area contributed by atoms with Gasteiger partial charge in [-0.3, -0.25) is 15.5 Å². The Kier molecular flexibility index (Phi) is 4.99. The average molecular weight is 316 g/mol. The molecule has 3 N–H and O–H groups in total. The number of nitrogens with zero attached hydrogens (tertiary/aromatic N) is 2. The third-order valence-corrected chi connectivity index (χ3v) is 2.82. The molecule has 0 amide bonds. The summed E-state index contributed by atoms with van der Waals surface area (Å²) in [4.78, 5) is 10.1. The van der Waals surface area contributed by atoms with E-state index in [0.29, 0.717) is 0 Å². The van der Waals surface area contributed by atoms with Crippen LogP contribution in [0.4, 0.5) is 11.4 Å². The molecule has 112 valence electrons. The number of non-ortho nitro benzene ring substituents is 1. The number of phenols is 1. The fourth-order valence-electron chi connectivity index (χ4n) is 1.60. The molecule has 0 fully saturated rings. The minimum absolute atomic E-state index is 0.113. The van der Waals surface area contributed by atoms with Gasteiger partial charge in [-0.1, -0.05) is 18.2 Å². The van der Waals surface area contributed by atoms with Gasteiger partial charge < -0.3 is 10.4 Å². The number of hydrazone groups is 1. The Balaban J connectivity index is 1.99. The van der Waals surface area contributed by atoms with Crippen LogP contribution >= 0.6 is 12.2 Å². The second-order valence-corrected chi connectivity index (χ2v) is 4.60. The molecule has 0 aromatic heterocycles. The lowest BCUT2D eigenvalue weighted by Crippen LogP contribution is -2.23. The van der Waals surface area contributed by atoms with Gasteiger partial charge in [0.25, 0.3) is 5.69 Å². The molecule has 2 aromatic carbocycles. The molecule has 0 aliphatic rings. The highest BCUT2D eigenvalue weighted by molar-refractivity contribution is 7.80. The zero-order valence-electron chi connectivity index (χ0n) is 11.3. The van der Waals surface area contributed by atoms with Gasteiger partial charge in [-0.05, 0) is 30.4 Å². The number of aromatic hydroxyl groups is 1. The molecular formula is C14H12N4O3S. The first kappa shape index (κ1) is 15.4. The molecule has 0 bridgehead atoms. The molecular weight excluding hydrogens is 304 g/mol. The van der Waals surface area contributed by atoms with Gasteiger partial charge in [-0.25, -0.2) is 0 Å². The first-order chi connectivity index (χ1) is 10.6. The van der Waals surface area contributed by atoms with Crippen LogP contribution in [0.5, 0.6) is 5.75 Å². The minimum Gasteiger partial charge on any atom is -0.507 e. The number of nitrogens with one attached hydrogen (secondary N) is 2. The van der Waals surface area contributed by atoms with Gasteiger partial charge in [0.1, 0.15) is 5.75 Å². The SMILES string of the molecule is O=[N+]([O-])c1ccc(O)c(/C=N/NC(=S)Nc2ccccc2)c1. The fraction of sp³-hybridized carbons (Fsp3) is 0. The number of thiocarbonyl (C=S) groups is 1. The Morgan fingerprint density at radius 2 is 2.00 bits per heavy atom. The molecule has 0 heterocycles. The van der Waals surface area contributed by atoms with E-state index < -0.39 is 4.92 Å². The van der Waals surface area contributed by atoms with Gasteiger partial charge in [0.05, 0.1) is 11.1 Å². The Morgan fingerprint density at radius 3 is 2.68 bits per heavy atom. The number of nitro groups is 1. The number of hydrogen-bond acceptors (Lipinski definition) is 5. The average Bonchev–Trinajstić information content (AvgIpc) is 2.50. The van der Waals surface area contributed by atoms with Crippen LogP contribution < -0.4 is 10.7 Å². The van der Waals surface area contributed by atoms with E-state index in [2.05, 4.69) is 15.8 Å². The lowest BCUT2D eigenvalue weighted by molar-refractivity contribution is -0.384. The number of rotatable bonds is 4. The summed E-state index contributed by atoms with van der Waals surface area (Å²) in [6, 6.07) is 12.9. The third kappa shape index (κ3) is 4.25. The number of benzene rings is 2. The maximum Gasteiger partial charge on any atom is 0.270 e. The summed E-state index contributed by atoms with van der Waals surface area (Å²) < 4.78 is 0. The van der Waals surface area contributed by atoms with Crippen LogP contribution in [0.25, 0.3) is 0 Å². The van der Waals surface area contributed by atoms with E-state index in [1.54, 1.807) is 0 Å². The van der Waals surface area contributed by atoms with Crippen molar-refractivity contribution in [2.24, 2.45) is 5.10 Å². The van der Waals surface area contributed by atoms with Crippen molar-refractivity contribution in [1.82, 2.24) is 5.43 Å². The lowest BCUT2D eigenvalue weighted by Gasteiger charge is -2.06.